The van der Waals surface area contributed by atoms with Crippen LogP contribution in [0.15, 0.2) is 259 Å². The van der Waals surface area contributed by atoms with Crippen molar-refractivity contribution < 1.29 is 0 Å². The molecule has 5 aliphatic rings. The fourth-order valence-electron chi connectivity index (χ4n) is 12.3. The summed E-state index contributed by atoms with van der Waals surface area (Å²) in [5, 5.41) is 2.44. The predicted octanol–water partition coefficient (Wildman–Crippen LogP) is 15.1. The van der Waals surface area contributed by atoms with Crippen LogP contribution in [0.1, 0.15) is 56.5 Å². The summed E-state index contributed by atoms with van der Waals surface area (Å²) >= 11 is 0. The standard InChI is InChI=1S/C64H45N/c1-2-3-26-59-62(61-41-47(46-35-33-42-18-4-6-20-44(42)39-46)37-38-60(65-61)48-36-34-43-19-5-7-21-45(43)40-48)64(55-29-14-10-24-51(55)52-25-11-15-30-56(52)64)58-32-17-16-31-57(58)63(59)53-27-12-8-22-49(53)50-23-9-13-28-54(50)63/h2-37,40-41,46H,1,38-39H2/b26-3-. The summed E-state index contributed by atoms with van der Waals surface area (Å²) in [4.78, 5) is 6.11. The third-order valence-corrected chi connectivity index (χ3v) is 14.9. The summed E-state index contributed by atoms with van der Waals surface area (Å²) in [5.41, 5.74) is 21.0. The molecule has 306 valence electrons. The third kappa shape index (κ3) is 5.30. The lowest BCUT2D eigenvalue weighted by molar-refractivity contribution is 0.627. The van der Waals surface area contributed by atoms with Crippen molar-refractivity contribution in [3.63, 3.8) is 0 Å². The highest BCUT2D eigenvalue weighted by Crippen LogP contribution is 2.68. The third-order valence-electron chi connectivity index (χ3n) is 14.9. The lowest BCUT2D eigenvalue weighted by Crippen LogP contribution is -2.44. The van der Waals surface area contributed by atoms with Gasteiger partial charge >= 0.3 is 0 Å². The molecule has 1 nitrogen and oxygen atoms in total. The Bertz CT molecular complexity index is 3430. The van der Waals surface area contributed by atoms with Gasteiger partial charge in [0.05, 0.1) is 22.2 Å². The highest BCUT2D eigenvalue weighted by Gasteiger charge is 2.60. The average Bonchev–Trinajstić information content (AvgIpc) is 3.71. The minimum absolute atomic E-state index is 0.177. The molecule has 1 heteroatoms. The topological polar surface area (TPSA) is 12.4 Å². The van der Waals surface area contributed by atoms with Crippen molar-refractivity contribution in [2.45, 2.75) is 23.7 Å². The van der Waals surface area contributed by atoms with E-state index in [-0.39, 0.29) is 5.92 Å². The average molecular weight is 828 g/mol. The largest absolute Gasteiger partial charge is 0.252 e. The van der Waals surface area contributed by atoms with Crippen LogP contribution < -0.4 is 0 Å². The van der Waals surface area contributed by atoms with Crippen LogP contribution in [0.5, 0.6) is 0 Å². The number of hydrogen-bond acceptors (Lipinski definition) is 1. The highest BCUT2D eigenvalue weighted by molar-refractivity contribution is 6.06. The number of nitrogens with zero attached hydrogens (tertiary/aromatic N) is 1. The van der Waals surface area contributed by atoms with E-state index in [1.165, 1.54) is 94.3 Å². The summed E-state index contributed by atoms with van der Waals surface area (Å²) in [7, 11) is 0. The molecule has 4 aliphatic carbocycles. The number of fused-ring (bicyclic) bond motifs is 15. The van der Waals surface area contributed by atoms with Gasteiger partial charge in [-0.3, -0.25) is 4.99 Å². The van der Waals surface area contributed by atoms with Gasteiger partial charge in [-0.25, -0.2) is 0 Å². The van der Waals surface area contributed by atoms with Crippen molar-refractivity contribution in [1.29, 1.82) is 0 Å². The highest BCUT2D eigenvalue weighted by atomic mass is 14.8. The van der Waals surface area contributed by atoms with Gasteiger partial charge in [-0.15, -0.1) is 0 Å². The lowest BCUT2D eigenvalue weighted by atomic mass is 9.51. The van der Waals surface area contributed by atoms with Gasteiger partial charge in [0.15, 0.2) is 0 Å². The molecule has 0 bridgehead atoms. The zero-order valence-corrected chi connectivity index (χ0v) is 36.1. The first-order valence-corrected chi connectivity index (χ1v) is 23.0. The molecule has 8 aromatic carbocycles. The molecule has 13 rings (SSSR count). The minimum Gasteiger partial charge on any atom is -0.252 e. The summed E-state index contributed by atoms with van der Waals surface area (Å²) in [6.07, 6.45) is 17.8. The Labute approximate surface area is 381 Å². The van der Waals surface area contributed by atoms with Crippen LogP contribution in [-0.4, -0.2) is 5.71 Å². The van der Waals surface area contributed by atoms with Gasteiger partial charge in [0, 0.05) is 17.9 Å². The van der Waals surface area contributed by atoms with E-state index in [0.717, 1.165) is 23.4 Å². The van der Waals surface area contributed by atoms with Crippen molar-refractivity contribution in [1.82, 2.24) is 0 Å². The summed E-state index contributed by atoms with van der Waals surface area (Å²) in [5.74, 6) is 0.177. The summed E-state index contributed by atoms with van der Waals surface area (Å²) < 4.78 is 0. The quantitative estimate of drug-likeness (QED) is 0.153. The molecule has 0 radical (unpaired) electrons. The van der Waals surface area contributed by atoms with Crippen molar-refractivity contribution in [2.24, 2.45) is 10.9 Å². The van der Waals surface area contributed by atoms with E-state index < -0.39 is 10.8 Å². The van der Waals surface area contributed by atoms with Crippen molar-refractivity contribution >= 4 is 22.6 Å². The van der Waals surface area contributed by atoms with Gasteiger partial charge in [-0.2, -0.15) is 0 Å². The summed E-state index contributed by atoms with van der Waals surface area (Å²) in [6.45, 7) is 4.31. The monoisotopic (exact) mass is 827 g/mol. The van der Waals surface area contributed by atoms with Crippen molar-refractivity contribution in [3.05, 3.63) is 304 Å². The van der Waals surface area contributed by atoms with E-state index in [9.17, 15) is 0 Å². The molecule has 1 heterocycles. The van der Waals surface area contributed by atoms with Crippen molar-refractivity contribution in [3.8, 4) is 22.3 Å². The molecule has 1 aliphatic heterocycles. The number of rotatable bonds is 5. The van der Waals surface area contributed by atoms with Gasteiger partial charge in [0.2, 0.25) is 0 Å². The Hall–Kier alpha value is -7.87. The smallest absolute Gasteiger partial charge is 0.0741 e. The molecule has 0 aromatic heterocycles. The first kappa shape index (κ1) is 37.7. The van der Waals surface area contributed by atoms with Crippen LogP contribution in [0.2, 0.25) is 0 Å². The molecule has 1 atom stereocenters. The maximum absolute atomic E-state index is 6.11. The Morgan fingerprint density at radius 2 is 1.08 bits per heavy atom. The number of aliphatic imine (C=N–C) groups is 1. The van der Waals surface area contributed by atoms with E-state index >= 15 is 0 Å². The Morgan fingerprint density at radius 3 is 1.72 bits per heavy atom. The number of hydrogen-bond donors (Lipinski definition) is 0. The molecular formula is C64H45N. The van der Waals surface area contributed by atoms with Gasteiger partial charge in [-0.1, -0.05) is 225 Å². The molecular weight excluding hydrogens is 783 g/mol. The first-order valence-electron chi connectivity index (χ1n) is 23.0. The van der Waals surface area contributed by atoms with Crippen molar-refractivity contribution in [2.75, 3.05) is 0 Å². The molecule has 8 aromatic rings. The molecule has 0 saturated heterocycles. The Kier molecular flexibility index (Phi) is 8.45. The van der Waals surface area contributed by atoms with Gasteiger partial charge in [0.25, 0.3) is 0 Å². The van der Waals surface area contributed by atoms with E-state index in [0.29, 0.717) is 6.42 Å². The molecule has 2 spiro atoms. The second kappa shape index (κ2) is 14.6. The number of allylic oxidation sites excluding steroid dienone is 9. The zero-order valence-electron chi connectivity index (χ0n) is 36.1. The van der Waals surface area contributed by atoms with E-state index in [4.69, 9.17) is 4.99 Å². The molecule has 65 heavy (non-hydrogen) atoms. The van der Waals surface area contributed by atoms with E-state index in [1.54, 1.807) is 0 Å². The van der Waals surface area contributed by atoms with Crippen LogP contribution in [0.25, 0.3) is 39.1 Å². The summed E-state index contributed by atoms with van der Waals surface area (Å²) in [6, 6.07) is 70.3. The first-order chi connectivity index (χ1) is 32.2. The van der Waals surface area contributed by atoms with Crippen LogP contribution >= 0.6 is 0 Å². The maximum atomic E-state index is 6.11. The normalized spacial score (nSPS) is 18.0. The Balaban J connectivity index is 1.21. The second-order valence-electron chi connectivity index (χ2n) is 18.0. The van der Waals surface area contributed by atoms with Crippen LogP contribution in [0.3, 0.4) is 0 Å². The molecule has 1 unspecified atom stereocenters. The van der Waals surface area contributed by atoms with E-state index in [2.05, 4.69) is 231 Å². The maximum Gasteiger partial charge on any atom is 0.0741 e. The zero-order chi connectivity index (χ0) is 43.1. The second-order valence-corrected chi connectivity index (χ2v) is 18.0. The lowest BCUT2D eigenvalue weighted by Gasteiger charge is -2.49. The molecule has 0 fully saturated rings. The van der Waals surface area contributed by atoms with Gasteiger partial charge in [0.1, 0.15) is 0 Å². The molecule has 0 saturated carbocycles. The molecule has 0 amide bonds. The fourth-order valence-corrected chi connectivity index (χ4v) is 12.3. The van der Waals surface area contributed by atoms with Crippen LogP contribution in [0.4, 0.5) is 0 Å². The van der Waals surface area contributed by atoms with Crippen LogP contribution in [0, 0.1) is 5.92 Å². The molecule has 0 N–H and O–H groups in total. The van der Waals surface area contributed by atoms with E-state index in [1.807, 2.05) is 6.08 Å². The fraction of sp³-hybridized carbons (Fsp3) is 0.0781. The van der Waals surface area contributed by atoms with Gasteiger partial charge in [-0.05, 0) is 113 Å². The SMILES string of the molecule is C=C/C=C\C1=C(C2=CC(C3C=Cc4ccccc4C3)=CCC(c3ccc4ccccc4c3)=N2)C2(c3ccccc3-c3ccccc32)c2ccccc2C12c1ccccc1-c1ccccc12. The van der Waals surface area contributed by atoms with Crippen LogP contribution in [-0.2, 0) is 17.3 Å². The minimum atomic E-state index is -0.726. The Morgan fingerprint density at radius 1 is 0.538 bits per heavy atom. The number of benzene rings is 8. The van der Waals surface area contributed by atoms with Gasteiger partial charge < -0.3 is 0 Å². The predicted molar refractivity (Wildman–Crippen MR) is 270 cm³/mol.